The Labute approximate surface area is 118 Å². The van der Waals surface area contributed by atoms with Crippen LogP contribution >= 0.6 is 0 Å². The zero-order valence-electron chi connectivity index (χ0n) is 11.7. The normalized spacial score (nSPS) is 20.9. The molecule has 108 valence electrons. The summed E-state index contributed by atoms with van der Waals surface area (Å²) >= 11 is 0. The maximum atomic E-state index is 12.5. The maximum Gasteiger partial charge on any atom is 0.308 e. The Morgan fingerprint density at radius 3 is 2.60 bits per heavy atom. The largest absolute Gasteiger partial charge is 0.481 e. The highest BCUT2D eigenvalue weighted by atomic mass is 16.4. The van der Waals surface area contributed by atoms with Gasteiger partial charge in [0.2, 0.25) is 5.91 Å². The molecule has 1 amide bonds. The van der Waals surface area contributed by atoms with Crippen LogP contribution in [-0.2, 0) is 16.0 Å². The van der Waals surface area contributed by atoms with E-state index >= 15 is 0 Å². The third kappa shape index (κ3) is 2.67. The second-order valence-electron chi connectivity index (χ2n) is 5.46. The molecule has 20 heavy (non-hydrogen) atoms. The number of carbonyl (C=O) groups excluding carboxylic acids is 1. The summed E-state index contributed by atoms with van der Waals surface area (Å²) in [6.45, 7) is 3.77. The molecule has 5 heteroatoms. The molecule has 0 bridgehead atoms. The van der Waals surface area contributed by atoms with Crippen LogP contribution in [0.5, 0.6) is 0 Å². The van der Waals surface area contributed by atoms with Gasteiger partial charge in [0.25, 0.3) is 0 Å². The molecule has 1 aliphatic heterocycles. The minimum Gasteiger partial charge on any atom is -0.481 e. The first kappa shape index (κ1) is 14.5. The number of nitrogens with two attached hydrogens (primary N) is 1. The molecular formula is C15H20N2O3. The molecule has 3 atom stereocenters. The van der Waals surface area contributed by atoms with E-state index in [0.717, 1.165) is 11.3 Å². The van der Waals surface area contributed by atoms with Gasteiger partial charge in [-0.15, -0.1) is 0 Å². The van der Waals surface area contributed by atoms with E-state index < -0.39 is 11.9 Å². The van der Waals surface area contributed by atoms with Crippen molar-refractivity contribution in [2.24, 2.45) is 17.6 Å². The SMILES string of the molecule is CC(N)C(C)C(=O)N1CC(C(=O)O)Cc2ccccc21. The molecule has 1 aromatic rings. The molecule has 0 saturated heterocycles. The highest BCUT2D eigenvalue weighted by Crippen LogP contribution is 2.31. The number of carboxylic acids is 1. The molecular weight excluding hydrogens is 256 g/mol. The smallest absolute Gasteiger partial charge is 0.308 e. The van der Waals surface area contributed by atoms with Crippen molar-refractivity contribution in [3.05, 3.63) is 29.8 Å². The fraction of sp³-hybridized carbons (Fsp3) is 0.467. The summed E-state index contributed by atoms with van der Waals surface area (Å²) in [6.07, 6.45) is 0.460. The van der Waals surface area contributed by atoms with Crippen molar-refractivity contribution in [3.8, 4) is 0 Å². The Kier molecular flexibility index (Phi) is 4.09. The third-order valence-electron chi connectivity index (χ3n) is 3.95. The van der Waals surface area contributed by atoms with Crippen LogP contribution in [0, 0.1) is 11.8 Å². The van der Waals surface area contributed by atoms with E-state index in [1.54, 1.807) is 18.7 Å². The van der Waals surface area contributed by atoms with Crippen LogP contribution in [0.2, 0.25) is 0 Å². The van der Waals surface area contributed by atoms with Gasteiger partial charge in [-0.25, -0.2) is 0 Å². The third-order valence-corrected chi connectivity index (χ3v) is 3.95. The van der Waals surface area contributed by atoms with Crippen LogP contribution in [0.25, 0.3) is 0 Å². The number of hydrogen-bond donors (Lipinski definition) is 2. The number of nitrogens with zero attached hydrogens (tertiary/aromatic N) is 1. The molecule has 2 rings (SSSR count). The number of hydrogen-bond acceptors (Lipinski definition) is 3. The Morgan fingerprint density at radius 2 is 2.00 bits per heavy atom. The molecule has 0 fully saturated rings. The first-order valence-corrected chi connectivity index (χ1v) is 6.79. The quantitative estimate of drug-likeness (QED) is 0.870. The standard InChI is InChI=1S/C15H20N2O3/c1-9(10(2)16)14(18)17-8-12(15(19)20)7-11-5-3-4-6-13(11)17/h3-6,9-10,12H,7-8,16H2,1-2H3,(H,19,20). The minimum absolute atomic E-state index is 0.113. The predicted molar refractivity (Wildman–Crippen MR) is 76.4 cm³/mol. The molecule has 5 nitrogen and oxygen atoms in total. The van der Waals surface area contributed by atoms with E-state index in [4.69, 9.17) is 5.73 Å². The molecule has 0 saturated carbocycles. The van der Waals surface area contributed by atoms with Crippen molar-refractivity contribution >= 4 is 17.6 Å². The number of carboxylic acid groups (broad SMARTS) is 1. The van der Waals surface area contributed by atoms with Gasteiger partial charge < -0.3 is 15.7 Å². The Morgan fingerprint density at radius 1 is 1.35 bits per heavy atom. The predicted octanol–water partition coefficient (Wildman–Crippen LogP) is 1.26. The Balaban J connectivity index is 2.36. The van der Waals surface area contributed by atoms with E-state index in [1.807, 2.05) is 24.3 Å². The number of para-hydroxylation sites is 1. The van der Waals surface area contributed by atoms with Crippen molar-refractivity contribution < 1.29 is 14.7 Å². The summed E-state index contributed by atoms with van der Waals surface area (Å²) in [5.41, 5.74) is 7.50. The monoisotopic (exact) mass is 276 g/mol. The van der Waals surface area contributed by atoms with Crippen molar-refractivity contribution in [1.82, 2.24) is 0 Å². The Hall–Kier alpha value is -1.88. The molecule has 0 spiro atoms. The number of carbonyl (C=O) groups is 2. The molecule has 1 heterocycles. The van der Waals surface area contributed by atoms with Gasteiger partial charge in [-0.3, -0.25) is 9.59 Å². The number of amides is 1. The van der Waals surface area contributed by atoms with E-state index in [9.17, 15) is 14.7 Å². The summed E-state index contributed by atoms with van der Waals surface area (Å²) in [4.78, 5) is 25.4. The van der Waals surface area contributed by atoms with Gasteiger partial charge in [-0.05, 0) is 25.0 Å². The minimum atomic E-state index is -0.870. The Bertz CT molecular complexity index is 528. The lowest BCUT2D eigenvalue weighted by Gasteiger charge is -2.35. The van der Waals surface area contributed by atoms with Gasteiger partial charge in [-0.1, -0.05) is 25.1 Å². The average molecular weight is 276 g/mol. The van der Waals surface area contributed by atoms with Crippen LogP contribution in [0.4, 0.5) is 5.69 Å². The molecule has 3 N–H and O–H groups in total. The second-order valence-corrected chi connectivity index (χ2v) is 5.46. The van der Waals surface area contributed by atoms with Crippen LogP contribution in [-0.4, -0.2) is 29.6 Å². The summed E-state index contributed by atoms with van der Waals surface area (Å²) in [7, 11) is 0. The van der Waals surface area contributed by atoms with E-state index in [2.05, 4.69) is 0 Å². The van der Waals surface area contributed by atoms with Crippen molar-refractivity contribution in [2.45, 2.75) is 26.3 Å². The summed E-state index contributed by atoms with van der Waals surface area (Å²) < 4.78 is 0. The zero-order valence-corrected chi connectivity index (χ0v) is 11.7. The maximum absolute atomic E-state index is 12.5. The first-order chi connectivity index (χ1) is 9.41. The lowest BCUT2D eigenvalue weighted by atomic mass is 9.91. The number of anilines is 1. The van der Waals surface area contributed by atoms with E-state index in [1.165, 1.54) is 0 Å². The molecule has 0 aliphatic carbocycles. The average Bonchev–Trinajstić information content (AvgIpc) is 2.44. The molecule has 3 unspecified atom stereocenters. The van der Waals surface area contributed by atoms with Gasteiger partial charge in [0.05, 0.1) is 11.8 Å². The zero-order chi connectivity index (χ0) is 14.9. The molecule has 1 aromatic carbocycles. The van der Waals surface area contributed by atoms with Gasteiger partial charge in [0.1, 0.15) is 0 Å². The van der Waals surface area contributed by atoms with Crippen LogP contribution in [0.1, 0.15) is 19.4 Å². The van der Waals surface area contributed by atoms with E-state index in [0.29, 0.717) is 6.42 Å². The molecule has 1 aliphatic rings. The van der Waals surface area contributed by atoms with Crippen molar-refractivity contribution in [3.63, 3.8) is 0 Å². The number of aliphatic carboxylic acids is 1. The van der Waals surface area contributed by atoms with Crippen molar-refractivity contribution in [1.29, 1.82) is 0 Å². The van der Waals surface area contributed by atoms with Gasteiger partial charge in [0.15, 0.2) is 0 Å². The lowest BCUT2D eigenvalue weighted by Crippen LogP contribution is -2.47. The molecule has 0 aromatic heterocycles. The highest BCUT2D eigenvalue weighted by molar-refractivity contribution is 5.97. The molecule has 0 radical (unpaired) electrons. The van der Waals surface area contributed by atoms with Gasteiger partial charge in [-0.2, -0.15) is 0 Å². The highest BCUT2D eigenvalue weighted by Gasteiger charge is 2.34. The second kappa shape index (κ2) is 5.63. The van der Waals surface area contributed by atoms with Crippen LogP contribution < -0.4 is 10.6 Å². The summed E-state index contributed by atoms with van der Waals surface area (Å²) in [5, 5.41) is 9.25. The fourth-order valence-corrected chi connectivity index (χ4v) is 2.44. The number of fused-ring (bicyclic) bond motifs is 1. The van der Waals surface area contributed by atoms with Gasteiger partial charge in [0, 0.05) is 18.3 Å². The van der Waals surface area contributed by atoms with E-state index in [-0.39, 0.29) is 24.4 Å². The number of benzene rings is 1. The van der Waals surface area contributed by atoms with Crippen LogP contribution in [0.15, 0.2) is 24.3 Å². The van der Waals surface area contributed by atoms with Crippen LogP contribution in [0.3, 0.4) is 0 Å². The topological polar surface area (TPSA) is 83.6 Å². The summed E-state index contributed by atoms with van der Waals surface area (Å²) in [6, 6.07) is 7.19. The number of rotatable bonds is 3. The first-order valence-electron chi connectivity index (χ1n) is 6.79. The van der Waals surface area contributed by atoms with Crippen molar-refractivity contribution in [2.75, 3.05) is 11.4 Å². The lowest BCUT2D eigenvalue weighted by molar-refractivity contribution is -0.141. The summed E-state index contributed by atoms with van der Waals surface area (Å²) in [5.74, 6) is -1.88. The van der Waals surface area contributed by atoms with Gasteiger partial charge >= 0.3 is 5.97 Å². The fourth-order valence-electron chi connectivity index (χ4n) is 2.44.